The first-order chi connectivity index (χ1) is 13.3. The van der Waals surface area contributed by atoms with Crippen LogP contribution in [-0.4, -0.2) is 25.5 Å². The average molecular weight is 422 g/mol. The molecule has 1 atom stereocenters. The van der Waals surface area contributed by atoms with Gasteiger partial charge in [0.1, 0.15) is 6.61 Å². The molecule has 0 saturated carbocycles. The highest BCUT2D eigenvalue weighted by Crippen LogP contribution is 2.27. The van der Waals surface area contributed by atoms with Crippen molar-refractivity contribution in [3.8, 4) is 0 Å². The molecule has 0 radical (unpaired) electrons. The van der Waals surface area contributed by atoms with E-state index >= 15 is 0 Å². The predicted octanol–water partition coefficient (Wildman–Crippen LogP) is 4.22. The van der Waals surface area contributed by atoms with Gasteiger partial charge in [-0.05, 0) is 13.3 Å². The quantitative estimate of drug-likeness (QED) is 0.125. The Bertz CT molecular complexity index is 411. The zero-order valence-electron chi connectivity index (χ0n) is 17.7. The Labute approximate surface area is 170 Å². The summed E-state index contributed by atoms with van der Waals surface area (Å²) in [5.41, 5.74) is 0. The second kappa shape index (κ2) is 18.6. The number of hydrogen-bond acceptors (Lipinski definition) is 7. The Kier molecular flexibility index (Phi) is 18.3. The second-order valence-electron chi connectivity index (χ2n) is 7.20. The van der Waals surface area contributed by atoms with Crippen LogP contribution in [0.1, 0.15) is 104 Å². The lowest BCUT2D eigenvalue weighted by Crippen LogP contribution is -2.24. The highest BCUT2D eigenvalue weighted by Gasteiger charge is 2.06. The summed E-state index contributed by atoms with van der Waals surface area (Å²) in [4.78, 5) is 32.3. The highest BCUT2D eigenvalue weighted by molar-refractivity contribution is 7.43. The van der Waals surface area contributed by atoms with E-state index in [-0.39, 0.29) is 19.2 Å². The molecule has 0 aliphatic rings. The van der Waals surface area contributed by atoms with E-state index in [0.717, 1.165) is 19.3 Å². The smallest absolute Gasteiger partial charge is 0.305 e. The topological polar surface area (TPSA) is 108 Å². The van der Waals surface area contributed by atoms with Crippen LogP contribution >= 0.6 is 7.82 Å². The number of hydrogen-bond donors (Lipinski definition) is 0. The van der Waals surface area contributed by atoms with E-state index in [1.807, 2.05) is 0 Å². The highest BCUT2D eigenvalue weighted by atomic mass is 31.2. The number of esters is 1. The summed E-state index contributed by atoms with van der Waals surface area (Å²) in [6.45, 7) is 3.52. The van der Waals surface area contributed by atoms with Crippen LogP contribution in [0.25, 0.3) is 0 Å². The summed E-state index contributed by atoms with van der Waals surface area (Å²) in [5.74, 6) is -0.293. The summed E-state index contributed by atoms with van der Waals surface area (Å²) in [5, 5.41) is 0. The molecule has 0 N–H and O–H groups in total. The summed E-state index contributed by atoms with van der Waals surface area (Å²) < 4.78 is 24.4. The van der Waals surface area contributed by atoms with Crippen molar-refractivity contribution in [1.82, 2.24) is 0 Å². The van der Waals surface area contributed by atoms with Crippen LogP contribution in [-0.2, 0) is 23.4 Å². The van der Waals surface area contributed by atoms with Crippen LogP contribution in [0.2, 0.25) is 0 Å². The molecule has 0 fully saturated rings. The third-order valence-electron chi connectivity index (χ3n) is 4.46. The first-order valence-corrected chi connectivity index (χ1v) is 12.3. The maximum atomic E-state index is 11.6. The second-order valence-corrected chi connectivity index (χ2v) is 8.31. The normalized spacial score (nSPS) is 12.9. The number of phosphoric acid groups is 1. The van der Waals surface area contributed by atoms with E-state index in [4.69, 9.17) is 9.47 Å². The van der Waals surface area contributed by atoms with Crippen LogP contribution < -0.4 is 9.79 Å². The van der Waals surface area contributed by atoms with Gasteiger partial charge < -0.3 is 28.3 Å². The van der Waals surface area contributed by atoms with Gasteiger partial charge in [0.25, 0.3) is 0 Å². The van der Waals surface area contributed by atoms with Crippen molar-refractivity contribution in [2.75, 3.05) is 13.2 Å². The van der Waals surface area contributed by atoms with E-state index in [2.05, 4.69) is 11.4 Å². The minimum atomic E-state index is -5.06. The van der Waals surface area contributed by atoms with Crippen molar-refractivity contribution < 1.29 is 33.1 Å². The lowest BCUT2D eigenvalue weighted by molar-refractivity contribution is -0.352. The lowest BCUT2D eigenvalue weighted by Gasteiger charge is -2.31. The standard InChI is InChI=1S/C20H41O7P/c1-3-4-5-6-7-8-9-10-11-12-13-14-15-16-20(21)26-18-17-25-19(2)27-28(22,23)24/h19H,3-18H2,1-2H3,(H2,22,23,24)/p-2. The average Bonchev–Trinajstić information content (AvgIpc) is 2.61. The zero-order valence-corrected chi connectivity index (χ0v) is 18.6. The summed E-state index contributed by atoms with van der Waals surface area (Å²) in [6, 6.07) is 0. The molecule has 0 heterocycles. The van der Waals surface area contributed by atoms with Crippen molar-refractivity contribution in [2.45, 2.75) is 110 Å². The first kappa shape index (κ1) is 27.5. The molecule has 8 heteroatoms. The van der Waals surface area contributed by atoms with Crippen molar-refractivity contribution in [2.24, 2.45) is 0 Å². The Morgan fingerprint density at radius 3 is 1.75 bits per heavy atom. The molecule has 0 rings (SSSR count). The molecule has 0 aromatic carbocycles. The van der Waals surface area contributed by atoms with Crippen LogP contribution in [0.5, 0.6) is 0 Å². The van der Waals surface area contributed by atoms with E-state index in [1.54, 1.807) is 0 Å². The SMILES string of the molecule is CCCCCCCCCCCCCCCC(=O)OCCOC(C)OP(=O)([O-])[O-]. The van der Waals surface area contributed by atoms with Gasteiger partial charge in [0, 0.05) is 6.42 Å². The third kappa shape index (κ3) is 21.8. The fourth-order valence-electron chi connectivity index (χ4n) is 2.94. The fourth-order valence-corrected chi connectivity index (χ4v) is 3.37. The van der Waals surface area contributed by atoms with E-state index in [1.165, 1.54) is 71.1 Å². The van der Waals surface area contributed by atoms with Crippen LogP contribution in [0.4, 0.5) is 0 Å². The number of carbonyl (C=O) groups excluding carboxylic acids is 1. The Balaban J connectivity index is 3.30. The largest absolute Gasteiger partial charge is 0.790 e. The first-order valence-electron chi connectivity index (χ1n) is 10.8. The van der Waals surface area contributed by atoms with Gasteiger partial charge in [0.15, 0.2) is 6.29 Å². The van der Waals surface area contributed by atoms with E-state index in [9.17, 15) is 19.1 Å². The van der Waals surface area contributed by atoms with Crippen LogP contribution in [0, 0.1) is 0 Å². The maximum Gasteiger partial charge on any atom is 0.305 e. The fraction of sp³-hybridized carbons (Fsp3) is 0.950. The molecule has 0 aliphatic carbocycles. The van der Waals surface area contributed by atoms with E-state index in [0.29, 0.717) is 6.42 Å². The molecule has 0 aromatic rings. The molecular weight excluding hydrogens is 383 g/mol. The lowest BCUT2D eigenvalue weighted by atomic mass is 10.0. The van der Waals surface area contributed by atoms with Gasteiger partial charge in [0.2, 0.25) is 0 Å². The molecule has 28 heavy (non-hydrogen) atoms. The molecule has 1 unspecified atom stereocenters. The molecule has 0 saturated heterocycles. The molecule has 0 aromatic heterocycles. The Hall–Kier alpha value is -0.460. The molecule has 0 aliphatic heterocycles. The third-order valence-corrected chi connectivity index (χ3v) is 5.02. The van der Waals surface area contributed by atoms with Crippen LogP contribution in [0.3, 0.4) is 0 Å². The number of carbonyl (C=O) groups is 1. The molecule has 168 valence electrons. The Morgan fingerprint density at radius 1 is 0.821 bits per heavy atom. The van der Waals surface area contributed by atoms with Gasteiger partial charge >= 0.3 is 5.97 Å². The van der Waals surface area contributed by atoms with Gasteiger partial charge in [0.05, 0.1) is 14.4 Å². The summed E-state index contributed by atoms with van der Waals surface area (Å²) >= 11 is 0. The maximum absolute atomic E-state index is 11.6. The zero-order chi connectivity index (χ0) is 21.1. The molecule has 0 bridgehead atoms. The minimum absolute atomic E-state index is 0.00694. The van der Waals surface area contributed by atoms with Crippen molar-refractivity contribution in [1.29, 1.82) is 0 Å². The van der Waals surface area contributed by atoms with Gasteiger partial charge in [-0.2, -0.15) is 0 Å². The van der Waals surface area contributed by atoms with Gasteiger partial charge in [-0.1, -0.05) is 84.0 Å². The molecule has 7 nitrogen and oxygen atoms in total. The van der Waals surface area contributed by atoms with Crippen LogP contribution in [0.15, 0.2) is 0 Å². The van der Waals surface area contributed by atoms with E-state index < -0.39 is 14.1 Å². The summed E-state index contributed by atoms with van der Waals surface area (Å²) in [6.07, 6.45) is 15.5. The van der Waals surface area contributed by atoms with Gasteiger partial charge in [-0.25, -0.2) is 0 Å². The monoisotopic (exact) mass is 422 g/mol. The predicted molar refractivity (Wildman–Crippen MR) is 105 cm³/mol. The number of unbranched alkanes of at least 4 members (excludes halogenated alkanes) is 12. The van der Waals surface area contributed by atoms with Crippen molar-refractivity contribution >= 4 is 13.8 Å². The number of ether oxygens (including phenoxy) is 2. The minimum Gasteiger partial charge on any atom is -0.790 e. The van der Waals surface area contributed by atoms with Gasteiger partial charge in [-0.15, -0.1) is 0 Å². The molecular formula is C20H39O7P-2. The Morgan fingerprint density at radius 2 is 1.29 bits per heavy atom. The van der Waals surface area contributed by atoms with Crippen molar-refractivity contribution in [3.05, 3.63) is 0 Å². The van der Waals surface area contributed by atoms with Crippen molar-refractivity contribution in [3.63, 3.8) is 0 Å². The number of phosphoric ester groups is 1. The van der Waals surface area contributed by atoms with Gasteiger partial charge in [-0.3, -0.25) is 4.79 Å². The molecule has 0 spiro atoms. The number of rotatable bonds is 20. The molecule has 0 amide bonds. The summed E-state index contributed by atoms with van der Waals surface area (Å²) in [7, 11) is -5.06.